The molecule has 0 aliphatic rings. The molecule has 0 unspecified atom stereocenters. The van der Waals surface area contributed by atoms with E-state index in [0.717, 1.165) is 0 Å². The fraction of sp³-hybridized carbons (Fsp3) is 0.125. The maximum atomic E-state index is 9.79. The summed E-state index contributed by atoms with van der Waals surface area (Å²) in [6.07, 6.45) is 0. The molecule has 0 saturated heterocycles. The average molecular weight is 240 g/mol. The first-order valence-electron chi connectivity index (χ1n) is 5.73. The predicted molar refractivity (Wildman–Crippen MR) is 73.2 cm³/mol. The summed E-state index contributed by atoms with van der Waals surface area (Å²) in [5.74, 6) is -0.759. The molecule has 0 atom stereocenters. The van der Waals surface area contributed by atoms with Crippen LogP contribution in [0.15, 0.2) is 60.7 Å². The van der Waals surface area contributed by atoms with E-state index in [1.807, 2.05) is 12.1 Å². The summed E-state index contributed by atoms with van der Waals surface area (Å²) >= 11 is 0. The van der Waals surface area contributed by atoms with Crippen LogP contribution >= 0.6 is 0 Å². The molecular formula is C16H16O2. The Labute approximate surface area is 107 Å². The lowest BCUT2D eigenvalue weighted by molar-refractivity contribution is -0.134. The molecule has 0 fully saturated rings. The standard InChI is InChI=1S/C12H10.C4H6O2/c1-3-7-11(8-4-1)12-9-5-2-6-10-12;1-3(5)4(2)6/h1-10H;1-2H3. The second-order valence-electron chi connectivity index (χ2n) is 3.84. The van der Waals surface area contributed by atoms with Crippen molar-refractivity contribution in [2.45, 2.75) is 13.8 Å². The molecule has 0 aliphatic carbocycles. The van der Waals surface area contributed by atoms with Gasteiger partial charge in [0.15, 0.2) is 11.6 Å². The molecule has 0 aromatic heterocycles. The SMILES string of the molecule is CC(=O)C(C)=O.c1ccc(-c2ccccc2)cc1. The second-order valence-corrected chi connectivity index (χ2v) is 3.84. The topological polar surface area (TPSA) is 34.1 Å². The van der Waals surface area contributed by atoms with Gasteiger partial charge in [0.1, 0.15) is 0 Å². The summed E-state index contributed by atoms with van der Waals surface area (Å²) in [7, 11) is 0. The van der Waals surface area contributed by atoms with Gasteiger partial charge in [0, 0.05) is 13.8 Å². The van der Waals surface area contributed by atoms with Crippen molar-refractivity contribution < 1.29 is 9.59 Å². The third-order valence-corrected chi connectivity index (χ3v) is 2.38. The summed E-state index contributed by atoms with van der Waals surface area (Å²) in [6.45, 7) is 2.50. The minimum Gasteiger partial charge on any atom is -0.291 e. The number of hydrogen-bond acceptors (Lipinski definition) is 2. The van der Waals surface area contributed by atoms with Crippen LogP contribution in [0.1, 0.15) is 13.8 Å². The molecule has 2 rings (SSSR count). The number of ketones is 2. The van der Waals surface area contributed by atoms with Gasteiger partial charge in [-0.3, -0.25) is 9.59 Å². The smallest absolute Gasteiger partial charge is 0.195 e. The first-order valence-corrected chi connectivity index (χ1v) is 5.73. The molecule has 2 aromatic rings. The second kappa shape index (κ2) is 7.17. The molecule has 0 bridgehead atoms. The van der Waals surface area contributed by atoms with Crippen LogP contribution in [0.25, 0.3) is 11.1 Å². The Bertz CT molecular complexity index is 452. The van der Waals surface area contributed by atoms with Gasteiger partial charge in [-0.25, -0.2) is 0 Å². The third kappa shape index (κ3) is 4.74. The van der Waals surface area contributed by atoms with Crippen LogP contribution in [0.3, 0.4) is 0 Å². The van der Waals surface area contributed by atoms with Gasteiger partial charge in [0.25, 0.3) is 0 Å². The fourth-order valence-corrected chi connectivity index (χ4v) is 1.26. The molecule has 18 heavy (non-hydrogen) atoms. The van der Waals surface area contributed by atoms with Crippen molar-refractivity contribution in [2.24, 2.45) is 0 Å². The van der Waals surface area contributed by atoms with E-state index in [1.165, 1.54) is 25.0 Å². The molecule has 92 valence electrons. The van der Waals surface area contributed by atoms with Gasteiger partial charge in [0.05, 0.1) is 0 Å². The maximum absolute atomic E-state index is 9.79. The van der Waals surface area contributed by atoms with Gasteiger partial charge in [0.2, 0.25) is 0 Å². The molecule has 0 N–H and O–H groups in total. The average Bonchev–Trinajstić information content (AvgIpc) is 2.41. The largest absolute Gasteiger partial charge is 0.291 e. The number of rotatable bonds is 2. The highest BCUT2D eigenvalue weighted by molar-refractivity contribution is 6.35. The zero-order valence-corrected chi connectivity index (χ0v) is 10.6. The Morgan fingerprint density at radius 2 is 0.889 bits per heavy atom. The van der Waals surface area contributed by atoms with Crippen molar-refractivity contribution in [3.05, 3.63) is 60.7 Å². The van der Waals surface area contributed by atoms with Crippen LogP contribution in [0.4, 0.5) is 0 Å². The predicted octanol–water partition coefficient (Wildman–Crippen LogP) is 3.52. The van der Waals surface area contributed by atoms with Gasteiger partial charge in [-0.15, -0.1) is 0 Å². The lowest BCUT2D eigenvalue weighted by atomic mass is 10.1. The van der Waals surface area contributed by atoms with Gasteiger partial charge in [-0.1, -0.05) is 60.7 Å². The lowest BCUT2D eigenvalue weighted by Gasteiger charge is -1.98. The van der Waals surface area contributed by atoms with Crippen LogP contribution < -0.4 is 0 Å². The molecule has 2 nitrogen and oxygen atoms in total. The molecule has 0 aliphatic heterocycles. The maximum Gasteiger partial charge on any atom is 0.195 e. The van der Waals surface area contributed by atoms with E-state index in [9.17, 15) is 9.59 Å². The van der Waals surface area contributed by atoms with Gasteiger partial charge in [-0.05, 0) is 11.1 Å². The summed E-state index contributed by atoms with van der Waals surface area (Å²) in [6, 6.07) is 20.8. The monoisotopic (exact) mass is 240 g/mol. The number of carbonyl (C=O) groups excluding carboxylic acids is 2. The minimum atomic E-state index is -0.380. The highest BCUT2D eigenvalue weighted by Gasteiger charge is 1.94. The van der Waals surface area contributed by atoms with Crippen molar-refractivity contribution >= 4 is 11.6 Å². The number of benzene rings is 2. The number of Topliss-reactive ketones (excluding diaryl/α,β-unsaturated/α-hetero) is 2. The lowest BCUT2D eigenvalue weighted by Crippen LogP contribution is -2.01. The first-order chi connectivity index (χ1) is 8.61. The molecule has 0 amide bonds. The highest BCUT2D eigenvalue weighted by atomic mass is 16.2. The van der Waals surface area contributed by atoms with Gasteiger partial charge < -0.3 is 0 Å². The van der Waals surface area contributed by atoms with Crippen molar-refractivity contribution in [3.8, 4) is 11.1 Å². The molecule has 0 saturated carbocycles. The summed E-state index contributed by atoms with van der Waals surface area (Å²) in [5, 5.41) is 0. The fourth-order valence-electron chi connectivity index (χ4n) is 1.26. The van der Waals surface area contributed by atoms with Crippen LogP contribution in [-0.4, -0.2) is 11.6 Å². The number of carbonyl (C=O) groups is 2. The van der Waals surface area contributed by atoms with E-state index in [4.69, 9.17) is 0 Å². The summed E-state index contributed by atoms with van der Waals surface area (Å²) in [4.78, 5) is 19.6. The van der Waals surface area contributed by atoms with E-state index >= 15 is 0 Å². The molecular weight excluding hydrogens is 224 g/mol. The van der Waals surface area contributed by atoms with E-state index in [2.05, 4.69) is 48.5 Å². The third-order valence-electron chi connectivity index (χ3n) is 2.38. The van der Waals surface area contributed by atoms with E-state index < -0.39 is 0 Å². The zero-order valence-electron chi connectivity index (χ0n) is 10.6. The van der Waals surface area contributed by atoms with Crippen LogP contribution in [-0.2, 0) is 9.59 Å². The Kier molecular flexibility index (Phi) is 5.52. The summed E-state index contributed by atoms with van der Waals surface area (Å²) in [5.41, 5.74) is 2.55. The van der Waals surface area contributed by atoms with Crippen molar-refractivity contribution in [2.75, 3.05) is 0 Å². The molecule has 0 spiro atoms. The van der Waals surface area contributed by atoms with Gasteiger partial charge in [-0.2, -0.15) is 0 Å². The van der Waals surface area contributed by atoms with Crippen molar-refractivity contribution in [1.82, 2.24) is 0 Å². The molecule has 0 heterocycles. The normalized spacial score (nSPS) is 9.00. The number of hydrogen-bond donors (Lipinski definition) is 0. The van der Waals surface area contributed by atoms with Crippen LogP contribution in [0.5, 0.6) is 0 Å². The van der Waals surface area contributed by atoms with Crippen molar-refractivity contribution in [3.63, 3.8) is 0 Å². The van der Waals surface area contributed by atoms with Gasteiger partial charge >= 0.3 is 0 Å². The van der Waals surface area contributed by atoms with E-state index in [-0.39, 0.29) is 11.6 Å². The van der Waals surface area contributed by atoms with Crippen LogP contribution in [0, 0.1) is 0 Å². The van der Waals surface area contributed by atoms with E-state index in [1.54, 1.807) is 0 Å². The highest BCUT2D eigenvalue weighted by Crippen LogP contribution is 2.17. The Morgan fingerprint density at radius 1 is 0.611 bits per heavy atom. The molecule has 0 radical (unpaired) electrons. The molecule has 2 heteroatoms. The van der Waals surface area contributed by atoms with Crippen molar-refractivity contribution in [1.29, 1.82) is 0 Å². The Morgan fingerprint density at radius 3 is 1.11 bits per heavy atom. The molecule has 2 aromatic carbocycles. The zero-order chi connectivity index (χ0) is 13.4. The van der Waals surface area contributed by atoms with Crippen LogP contribution in [0.2, 0.25) is 0 Å². The van der Waals surface area contributed by atoms with E-state index in [0.29, 0.717) is 0 Å². The summed E-state index contributed by atoms with van der Waals surface area (Å²) < 4.78 is 0. The Balaban J connectivity index is 0.000000232. The minimum absolute atomic E-state index is 0.380. The quantitative estimate of drug-likeness (QED) is 0.753. The first kappa shape index (κ1) is 13.8. The Hall–Kier alpha value is -2.22.